The predicted molar refractivity (Wildman–Crippen MR) is 70.0 cm³/mol. The molecule has 7 nitrogen and oxygen atoms in total. The fraction of sp³-hybridized carbons (Fsp3) is 0.900. The molecule has 0 radical (unpaired) electrons. The van der Waals surface area contributed by atoms with Gasteiger partial charge in [-0.2, -0.15) is 0 Å². The molecule has 0 saturated heterocycles. The minimum atomic E-state index is -3.77. The molecule has 1 aliphatic carbocycles. The summed E-state index contributed by atoms with van der Waals surface area (Å²) in [6.07, 6.45) is 2.24. The number of hydrogen-bond acceptors (Lipinski definition) is 5. The molecule has 1 fully saturated rings. The third-order valence-electron chi connectivity index (χ3n) is 3.36. The molecule has 9 heteroatoms. The molecule has 0 aromatic carbocycles. The Hall–Kier alpha value is -0.670. The van der Waals surface area contributed by atoms with Gasteiger partial charge in [0, 0.05) is 19.8 Å². The molecular formula is C10H19NO6S2. The number of nitrogens with zero attached hydrogens (tertiary/aromatic N) is 1. The number of hydrogen-bond donors (Lipinski definition) is 1. The van der Waals surface area contributed by atoms with Crippen LogP contribution in [0.3, 0.4) is 0 Å². The van der Waals surface area contributed by atoms with Crippen molar-refractivity contribution in [3.63, 3.8) is 0 Å². The van der Waals surface area contributed by atoms with E-state index in [0.717, 1.165) is 10.6 Å². The molecule has 2 atom stereocenters. The Morgan fingerprint density at radius 3 is 2.32 bits per heavy atom. The van der Waals surface area contributed by atoms with E-state index in [1.807, 2.05) is 0 Å². The first-order valence-electron chi connectivity index (χ1n) is 5.91. The average molecular weight is 313 g/mol. The standard InChI is InChI=1S/C10H19NO6S2/c1-11(6-7-18(2,14)15)19(16,17)9-5-3-4-8(9)10(12)13/h8-9H,3-7H2,1-2H3,(H,12,13). The maximum Gasteiger partial charge on any atom is 0.307 e. The highest BCUT2D eigenvalue weighted by Gasteiger charge is 2.43. The maximum atomic E-state index is 12.2. The van der Waals surface area contributed by atoms with Crippen LogP contribution in [0.2, 0.25) is 0 Å². The van der Waals surface area contributed by atoms with Gasteiger partial charge < -0.3 is 5.11 Å². The van der Waals surface area contributed by atoms with Crippen LogP contribution in [0.25, 0.3) is 0 Å². The van der Waals surface area contributed by atoms with Crippen molar-refractivity contribution in [3.05, 3.63) is 0 Å². The van der Waals surface area contributed by atoms with Crippen molar-refractivity contribution in [2.75, 3.05) is 25.6 Å². The van der Waals surface area contributed by atoms with Gasteiger partial charge in [-0.05, 0) is 12.8 Å². The normalized spacial score (nSPS) is 24.8. The summed E-state index contributed by atoms with van der Waals surface area (Å²) in [5.74, 6) is -2.28. The molecule has 1 N–H and O–H groups in total. The van der Waals surface area contributed by atoms with Crippen LogP contribution in [0.15, 0.2) is 0 Å². The third kappa shape index (κ3) is 4.15. The predicted octanol–water partition coefficient (Wildman–Crippen LogP) is -0.454. The zero-order valence-corrected chi connectivity index (χ0v) is 12.6. The molecule has 0 aromatic heterocycles. The van der Waals surface area contributed by atoms with Gasteiger partial charge in [0.2, 0.25) is 10.0 Å². The van der Waals surface area contributed by atoms with E-state index in [4.69, 9.17) is 5.11 Å². The molecule has 1 rings (SSSR count). The van der Waals surface area contributed by atoms with E-state index < -0.39 is 37.0 Å². The van der Waals surface area contributed by atoms with Gasteiger partial charge in [-0.3, -0.25) is 4.79 Å². The van der Waals surface area contributed by atoms with Crippen molar-refractivity contribution in [2.24, 2.45) is 5.92 Å². The number of carbonyl (C=O) groups is 1. The SMILES string of the molecule is CN(CCS(C)(=O)=O)S(=O)(=O)C1CCCC1C(=O)O. The van der Waals surface area contributed by atoms with Crippen LogP contribution < -0.4 is 0 Å². The smallest absolute Gasteiger partial charge is 0.307 e. The first-order valence-corrected chi connectivity index (χ1v) is 9.48. The number of carboxylic acid groups (broad SMARTS) is 1. The molecule has 1 aliphatic rings. The van der Waals surface area contributed by atoms with Gasteiger partial charge in [0.1, 0.15) is 9.84 Å². The number of carboxylic acids is 1. The van der Waals surface area contributed by atoms with Crippen molar-refractivity contribution < 1.29 is 26.7 Å². The summed E-state index contributed by atoms with van der Waals surface area (Å²) >= 11 is 0. The van der Waals surface area contributed by atoms with Gasteiger partial charge in [0.05, 0.1) is 16.9 Å². The van der Waals surface area contributed by atoms with Crippen LogP contribution in [0, 0.1) is 5.92 Å². The topological polar surface area (TPSA) is 109 Å². The third-order valence-corrected chi connectivity index (χ3v) is 6.67. The van der Waals surface area contributed by atoms with Gasteiger partial charge in [-0.25, -0.2) is 21.1 Å². The van der Waals surface area contributed by atoms with Crippen molar-refractivity contribution in [2.45, 2.75) is 24.5 Å². The van der Waals surface area contributed by atoms with Crippen LogP contribution in [-0.4, -0.2) is 63.1 Å². The Kier molecular flexibility index (Phi) is 4.97. The first-order chi connectivity index (χ1) is 8.55. The van der Waals surface area contributed by atoms with E-state index in [9.17, 15) is 21.6 Å². The van der Waals surface area contributed by atoms with E-state index in [-0.39, 0.29) is 12.3 Å². The molecule has 0 aromatic rings. The molecule has 0 heterocycles. The fourth-order valence-corrected chi connectivity index (χ4v) is 4.88. The van der Waals surface area contributed by atoms with Crippen molar-refractivity contribution in [1.82, 2.24) is 4.31 Å². The van der Waals surface area contributed by atoms with Crippen LogP contribution in [-0.2, 0) is 24.7 Å². The number of rotatable bonds is 6. The highest BCUT2D eigenvalue weighted by Crippen LogP contribution is 2.32. The summed E-state index contributed by atoms with van der Waals surface area (Å²) in [5, 5.41) is 8.06. The Balaban J connectivity index is 2.82. The molecule has 1 saturated carbocycles. The van der Waals surface area contributed by atoms with Crippen molar-refractivity contribution in [1.29, 1.82) is 0 Å². The monoisotopic (exact) mass is 313 g/mol. The second-order valence-corrected chi connectivity index (χ2v) is 9.43. The summed E-state index contributed by atoms with van der Waals surface area (Å²) in [6.45, 7) is -0.149. The molecule has 0 amide bonds. The molecule has 112 valence electrons. The molecule has 19 heavy (non-hydrogen) atoms. The van der Waals surface area contributed by atoms with Gasteiger partial charge in [-0.15, -0.1) is 0 Å². The molecular weight excluding hydrogens is 294 g/mol. The Bertz CT molecular complexity index is 538. The van der Waals surface area contributed by atoms with Crippen molar-refractivity contribution in [3.8, 4) is 0 Å². The van der Waals surface area contributed by atoms with Gasteiger partial charge in [0.25, 0.3) is 0 Å². The largest absolute Gasteiger partial charge is 0.481 e. The lowest BCUT2D eigenvalue weighted by molar-refractivity contribution is -0.141. The lowest BCUT2D eigenvalue weighted by Crippen LogP contribution is -2.41. The summed E-state index contributed by atoms with van der Waals surface area (Å²) in [4.78, 5) is 11.0. The maximum absolute atomic E-state index is 12.2. The lowest BCUT2D eigenvalue weighted by atomic mass is 10.1. The van der Waals surface area contributed by atoms with E-state index >= 15 is 0 Å². The quantitative estimate of drug-likeness (QED) is 0.711. The van der Waals surface area contributed by atoms with Crippen LogP contribution in [0.5, 0.6) is 0 Å². The summed E-state index contributed by atoms with van der Waals surface area (Å²) in [5.41, 5.74) is 0. The lowest BCUT2D eigenvalue weighted by Gasteiger charge is -2.23. The van der Waals surface area contributed by atoms with Gasteiger partial charge in [0.15, 0.2) is 0 Å². The van der Waals surface area contributed by atoms with Crippen LogP contribution in [0.4, 0.5) is 0 Å². The minimum Gasteiger partial charge on any atom is -0.481 e. The van der Waals surface area contributed by atoms with E-state index in [0.29, 0.717) is 19.3 Å². The van der Waals surface area contributed by atoms with Gasteiger partial charge in [-0.1, -0.05) is 6.42 Å². The number of sulfone groups is 1. The molecule has 0 spiro atoms. The van der Waals surface area contributed by atoms with Crippen LogP contribution >= 0.6 is 0 Å². The first kappa shape index (κ1) is 16.4. The molecule has 0 aliphatic heterocycles. The minimum absolute atomic E-state index is 0.149. The van der Waals surface area contributed by atoms with E-state index in [1.54, 1.807) is 0 Å². The Labute approximate surface area is 113 Å². The Morgan fingerprint density at radius 1 is 1.26 bits per heavy atom. The molecule has 2 unspecified atom stereocenters. The molecule has 0 bridgehead atoms. The zero-order chi connectivity index (χ0) is 14.8. The average Bonchev–Trinajstić information content (AvgIpc) is 2.74. The van der Waals surface area contributed by atoms with E-state index in [1.165, 1.54) is 7.05 Å². The van der Waals surface area contributed by atoms with Crippen LogP contribution in [0.1, 0.15) is 19.3 Å². The second kappa shape index (κ2) is 5.76. The summed E-state index contributed by atoms with van der Waals surface area (Å²) in [7, 11) is -5.73. The number of sulfonamides is 1. The van der Waals surface area contributed by atoms with Crippen molar-refractivity contribution >= 4 is 25.8 Å². The second-order valence-electron chi connectivity index (χ2n) is 4.91. The fourth-order valence-electron chi connectivity index (χ4n) is 2.22. The Morgan fingerprint density at radius 2 is 1.84 bits per heavy atom. The highest BCUT2D eigenvalue weighted by molar-refractivity contribution is 7.91. The highest BCUT2D eigenvalue weighted by atomic mass is 32.2. The summed E-state index contributed by atoms with van der Waals surface area (Å²) in [6, 6.07) is 0. The number of aliphatic carboxylic acids is 1. The van der Waals surface area contributed by atoms with Gasteiger partial charge >= 0.3 is 5.97 Å². The zero-order valence-electron chi connectivity index (χ0n) is 10.9. The summed E-state index contributed by atoms with van der Waals surface area (Å²) < 4.78 is 47.5. The van der Waals surface area contributed by atoms with E-state index in [2.05, 4.69) is 0 Å².